The number of nitrogens with zero attached hydrogens (tertiary/aromatic N) is 7. The smallest absolute Gasteiger partial charge is 0.506 e. The van der Waals surface area contributed by atoms with Crippen molar-refractivity contribution >= 4 is 45.2 Å². The molecular weight excluding hydrogens is 681 g/mol. The van der Waals surface area contributed by atoms with Gasteiger partial charge >= 0.3 is 41.4 Å². The van der Waals surface area contributed by atoms with E-state index in [4.69, 9.17) is 5.11 Å². The monoisotopic (exact) mass is 706 g/mol. The number of hydrogen-bond donors (Lipinski definition) is 4. The van der Waals surface area contributed by atoms with Crippen LogP contribution in [0.3, 0.4) is 0 Å². The summed E-state index contributed by atoms with van der Waals surface area (Å²) in [5, 5.41) is 71.5. The summed E-state index contributed by atoms with van der Waals surface area (Å²) in [5.74, 6) is -1.66. The number of nitro groups is 1. The molecule has 4 N–H and O–H groups in total. The summed E-state index contributed by atoms with van der Waals surface area (Å²) < 4.78 is 1.35. The Kier molecular flexibility index (Phi) is 13.3. The van der Waals surface area contributed by atoms with Crippen LogP contribution in [0.15, 0.2) is 130 Å². The Morgan fingerprint density at radius 3 is 2.08 bits per heavy atom. The molecule has 0 saturated heterocycles. The van der Waals surface area contributed by atoms with Crippen LogP contribution < -0.4 is 39.3 Å². The van der Waals surface area contributed by atoms with Gasteiger partial charge < -0.3 is 25.5 Å². The van der Waals surface area contributed by atoms with E-state index in [1.165, 1.54) is 28.9 Å². The Bertz CT molecular complexity index is 2180. The van der Waals surface area contributed by atoms with E-state index in [9.17, 15) is 30.2 Å². The third-order valence-corrected chi connectivity index (χ3v) is 6.70. The normalized spacial score (nSPS) is 10.6. The average molecular weight is 707 g/mol. The first-order valence-corrected chi connectivity index (χ1v) is 13.8. The Morgan fingerprint density at radius 2 is 1.39 bits per heavy atom. The van der Waals surface area contributed by atoms with Gasteiger partial charge in [0.05, 0.1) is 16.6 Å². The molecule has 6 aromatic rings. The van der Waals surface area contributed by atoms with E-state index in [1.807, 2.05) is 36.4 Å². The van der Waals surface area contributed by atoms with E-state index in [0.29, 0.717) is 16.8 Å². The van der Waals surface area contributed by atoms with Crippen LogP contribution in [-0.2, 0) is 17.4 Å². The van der Waals surface area contributed by atoms with Gasteiger partial charge in [-0.3, -0.25) is 10.1 Å². The van der Waals surface area contributed by atoms with Crippen molar-refractivity contribution in [1.29, 1.82) is 0 Å². The number of aryl methyl sites for hydroxylation is 1. The van der Waals surface area contributed by atoms with Crippen LogP contribution in [-0.4, -0.2) is 31.3 Å². The van der Waals surface area contributed by atoms with Crippen molar-refractivity contribution in [2.45, 2.75) is 6.92 Å². The van der Waals surface area contributed by atoms with Crippen LogP contribution in [0.4, 0.5) is 28.4 Å². The van der Waals surface area contributed by atoms with Crippen molar-refractivity contribution in [3.05, 3.63) is 131 Å². The van der Waals surface area contributed by atoms with Crippen molar-refractivity contribution in [3.8, 4) is 23.1 Å². The molecule has 0 spiro atoms. The van der Waals surface area contributed by atoms with Crippen LogP contribution in [0.2, 0.25) is 0 Å². The number of nitro benzene ring substituents is 1. The summed E-state index contributed by atoms with van der Waals surface area (Å²) in [6.45, 7) is 1.69. The molecule has 0 radical (unpaired) electrons. The summed E-state index contributed by atoms with van der Waals surface area (Å²) in [7, 11) is 0. The summed E-state index contributed by atoms with van der Waals surface area (Å²) in [4.78, 5) is 21.2. The Hall–Kier alpha value is -5.43. The second-order valence-electron chi connectivity index (χ2n) is 9.81. The van der Waals surface area contributed by atoms with Gasteiger partial charge in [0.15, 0.2) is 5.69 Å². The number of non-ortho nitro benzene ring substituents is 1. The number of para-hydroxylation sites is 1. The number of fused-ring (bicyclic) bond motifs is 1. The number of benzene rings is 5. The molecule has 5 aromatic carbocycles. The molecule has 1 heterocycles. The number of phenolic OH excluding ortho intramolecular Hbond substituents is 2. The number of carbonyl (C=O) groups is 1. The van der Waals surface area contributed by atoms with Crippen molar-refractivity contribution in [2.75, 3.05) is 0 Å². The number of carboxylic acid groups (broad SMARTS) is 1. The second kappa shape index (κ2) is 17.1. The maximum absolute atomic E-state index is 11.2. The van der Waals surface area contributed by atoms with E-state index >= 15 is 0 Å². The maximum atomic E-state index is 11.2. The fourth-order valence-electron chi connectivity index (χ4n) is 4.38. The summed E-state index contributed by atoms with van der Waals surface area (Å²) >= 11 is 0. The van der Waals surface area contributed by atoms with E-state index in [2.05, 4.69) is 25.6 Å². The molecule has 0 amide bonds. The molecule has 0 atom stereocenters. The van der Waals surface area contributed by atoms with E-state index in [1.54, 1.807) is 49.4 Å². The number of phenols is 2. The molecule has 0 bridgehead atoms. The molecule has 1 aromatic heterocycles. The Balaban J connectivity index is 0.000000255. The first-order chi connectivity index (χ1) is 22.6. The van der Waals surface area contributed by atoms with Crippen LogP contribution in [0, 0.1) is 17.0 Å². The minimum Gasteiger partial charge on any atom is -0.506 e. The van der Waals surface area contributed by atoms with Crippen molar-refractivity contribution in [3.63, 3.8) is 0 Å². The van der Waals surface area contributed by atoms with E-state index in [0.717, 1.165) is 11.5 Å². The number of rotatable bonds is 7. The fraction of sp³-hybridized carbons (Fsp3) is 0.0303. The van der Waals surface area contributed by atoms with Crippen molar-refractivity contribution in [1.82, 2.24) is 5.10 Å². The number of aromatic nitrogens is 2. The van der Waals surface area contributed by atoms with Gasteiger partial charge in [-0.2, -0.15) is 4.68 Å². The van der Waals surface area contributed by atoms with Crippen LogP contribution in [0.5, 0.6) is 17.4 Å². The van der Waals surface area contributed by atoms with Gasteiger partial charge in [0.25, 0.3) is 5.69 Å². The second-order valence-corrected chi connectivity index (χ2v) is 9.81. The predicted molar refractivity (Wildman–Crippen MR) is 170 cm³/mol. The third kappa shape index (κ3) is 8.93. The molecule has 6 rings (SSSR count). The van der Waals surface area contributed by atoms with Gasteiger partial charge in [0.2, 0.25) is 5.69 Å². The first-order valence-electron chi connectivity index (χ1n) is 13.8. The predicted octanol–water partition coefficient (Wildman–Crippen LogP) is 4.62. The van der Waals surface area contributed by atoms with Gasteiger partial charge in [0.1, 0.15) is 28.6 Å². The quantitative estimate of drug-likeness (QED) is 0.0604. The molecule has 49 heavy (non-hydrogen) atoms. The maximum Gasteiger partial charge on any atom is 1.00 e. The van der Waals surface area contributed by atoms with Gasteiger partial charge in [-0.15, -0.1) is 20.5 Å². The zero-order valence-electron chi connectivity index (χ0n) is 25.9. The van der Waals surface area contributed by atoms with Gasteiger partial charge in [-0.1, -0.05) is 73.3 Å². The topological polar surface area (TPSA) is 209 Å². The molecule has 0 aliphatic rings. The molecule has 0 saturated carbocycles. The van der Waals surface area contributed by atoms with Gasteiger partial charge in [-0.25, -0.2) is 4.79 Å². The SMILES string of the molecule is Cc1[n-][n+](-c2ccccc2)c(O)c1N=Nc1ccccc1C(=O)O.O=[N+]([O-])c1ccc(N=Nc2c(O)ccc3ccccc23)c(O)c1.[Cr].[Na+]. The summed E-state index contributed by atoms with van der Waals surface area (Å²) in [5.41, 5.74) is 1.70. The van der Waals surface area contributed by atoms with Crippen molar-refractivity contribution < 1.29 is 81.7 Å². The Morgan fingerprint density at radius 1 is 0.755 bits per heavy atom. The average Bonchev–Trinajstić information content (AvgIpc) is 3.36. The third-order valence-electron chi connectivity index (χ3n) is 6.70. The van der Waals surface area contributed by atoms with Gasteiger partial charge in [-0.05, 0) is 29.7 Å². The zero-order chi connectivity index (χ0) is 33.5. The fourth-order valence-corrected chi connectivity index (χ4v) is 4.38. The molecule has 0 unspecified atom stereocenters. The number of azo groups is 2. The number of aromatic hydroxyl groups is 3. The minimum atomic E-state index is -1.09. The molecule has 0 fully saturated rings. The summed E-state index contributed by atoms with van der Waals surface area (Å²) in [6.07, 6.45) is 0. The standard InChI is InChI=1S/C17H14N4O3.C16H11N3O4.Cr.Na/c1-11-15(16(22)21(20-11)12-7-3-2-4-8-12)19-18-14-10-6-5-9-13(14)17(23)24;20-14-8-5-10-3-1-2-4-12(10)16(14)18-17-13-7-6-11(19(22)23)9-15(13)21;;/h2-10,22H,1H3,(H,23,24);1-9,20-21H;;/q;;;+1. The largest absolute Gasteiger partial charge is 1.00 e. The van der Waals surface area contributed by atoms with Crippen LogP contribution >= 0.6 is 0 Å². The van der Waals surface area contributed by atoms with Crippen LogP contribution in [0.1, 0.15) is 16.1 Å². The molecule has 16 heteroatoms. The zero-order valence-corrected chi connectivity index (χ0v) is 29.2. The number of hydrogen-bond acceptors (Lipinski definition) is 10. The van der Waals surface area contributed by atoms with Gasteiger partial charge in [0, 0.05) is 40.9 Å². The van der Waals surface area contributed by atoms with E-state index < -0.39 is 10.9 Å². The number of carboxylic acids is 1. The minimum absolute atomic E-state index is 0. The molecule has 14 nitrogen and oxygen atoms in total. The summed E-state index contributed by atoms with van der Waals surface area (Å²) in [6, 6.07) is 29.5. The Labute approximate surface area is 311 Å². The molecule has 0 aliphatic carbocycles. The molecular formula is C33H25CrN7NaO7+. The van der Waals surface area contributed by atoms with Crippen LogP contribution in [0.25, 0.3) is 16.5 Å². The molecule has 240 valence electrons. The van der Waals surface area contributed by atoms with Crippen molar-refractivity contribution in [2.24, 2.45) is 20.5 Å². The number of aromatic carboxylic acids is 1. The molecule has 0 aliphatic heterocycles. The first kappa shape index (κ1) is 38.0. The van der Waals surface area contributed by atoms with E-state index in [-0.39, 0.29) is 98.3 Å².